The van der Waals surface area contributed by atoms with Gasteiger partial charge in [-0.2, -0.15) is 14.9 Å². The second kappa shape index (κ2) is 7.47. The summed E-state index contributed by atoms with van der Waals surface area (Å²) in [6.07, 6.45) is 4.65. The van der Waals surface area contributed by atoms with Crippen LogP contribution in [-0.2, 0) is 14.6 Å². The molecule has 4 heterocycles. The van der Waals surface area contributed by atoms with Crippen molar-refractivity contribution in [2.75, 3.05) is 30.9 Å². The summed E-state index contributed by atoms with van der Waals surface area (Å²) >= 11 is 0. The molecule has 3 aromatic heterocycles. The van der Waals surface area contributed by atoms with Crippen LogP contribution in [0.25, 0.3) is 28.0 Å². The van der Waals surface area contributed by atoms with Crippen LogP contribution in [0.4, 0.5) is 5.82 Å². The highest BCUT2D eigenvalue weighted by atomic mass is 32.2. The molecular formula is C21H22N6O3S. The smallest absolute Gasteiger partial charge is 0.177 e. The Hall–Kier alpha value is -3.24. The van der Waals surface area contributed by atoms with E-state index in [0.717, 1.165) is 16.8 Å². The largest absolute Gasteiger partial charge is 0.377 e. The average Bonchev–Trinajstić information content (AvgIpc) is 3.42. The average molecular weight is 439 g/mol. The SMILES string of the molecule is C[C@@H]1COCCN1c1cc(-c2ccccc2S(C)(=O)=O)c2cnn(-c3cc[nH]n3)c2n1. The first kappa shape index (κ1) is 19.7. The van der Waals surface area contributed by atoms with E-state index in [1.807, 2.05) is 24.3 Å². The molecule has 4 aromatic rings. The molecule has 1 atom stereocenters. The van der Waals surface area contributed by atoms with Gasteiger partial charge in [0.1, 0.15) is 5.82 Å². The third kappa shape index (κ3) is 3.47. The first-order valence-electron chi connectivity index (χ1n) is 9.96. The molecule has 10 heteroatoms. The second-order valence-electron chi connectivity index (χ2n) is 7.64. The molecule has 31 heavy (non-hydrogen) atoms. The minimum atomic E-state index is -3.43. The Bertz CT molecular complexity index is 1350. The number of nitrogens with zero attached hydrogens (tertiary/aromatic N) is 5. The fourth-order valence-corrected chi connectivity index (χ4v) is 4.88. The van der Waals surface area contributed by atoms with E-state index in [0.29, 0.717) is 36.8 Å². The summed E-state index contributed by atoms with van der Waals surface area (Å²) in [5, 5.41) is 12.3. The minimum Gasteiger partial charge on any atom is -0.377 e. The number of rotatable bonds is 4. The van der Waals surface area contributed by atoms with Gasteiger partial charge >= 0.3 is 0 Å². The fourth-order valence-electron chi connectivity index (χ4n) is 3.98. The highest BCUT2D eigenvalue weighted by Crippen LogP contribution is 2.36. The molecule has 1 N–H and O–H groups in total. The number of hydrogen-bond donors (Lipinski definition) is 1. The molecule has 0 radical (unpaired) electrons. The zero-order valence-electron chi connectivity index (χ0n) is 17.2. The van der Waals surface area contributed by atoms with E-state index in [1.165, 1.54) is 6.26 Å². The normalized spacial score (nSPS) is 17.4. The summed E-state index contributed by atoms with van der Waals surface area (Å²) < 4.78 is 32.3. The van der Waals surface area contributed by atoms with Crippen molar-refractivity contribution in [2.45, 2.75) is 17.9 Å². The van der Waals surface area contributed by atoms with Crippen LogP contribution in [0, 0.1) is 0 Å². The Kier molecular flexibility index (Phi) is 4.75. The third-order valence-electron chi connectivity index (χ3n) is 5.47. The molecule has 160 valence electrons. The van der Waals surface area contributed by atoms with Gasteiger partial charge in [-0.25, -0.2) is 13.4 Å². The lowest BCUT2D eigenvalue weighted by Crippen LogP contribution is -2.44. The molecule has 0 aliphatic carbocycles. The Morgan fingerprint density at radius 3 is 2.74 bits per heavy atom. The Balaban J connectivity index is 1.81. The number of aromatic nitrogens is 5. The molecule has 1 saturated heterocycles. The maximum Gasteiger partial charge on any atom is 0.177 e. The van der Waals surface area contributed by atoms with Gasteiger partial charge in [0.2, 0.25) is 0 Å². The van der Waals surface area contributed by atoms with Crippen LogP contribution in [0.5, 0.6) is 0 Å². The molecule has 1 fully saturated rings. The summed E-state index contributed by atoms with van der Waals surface area (Å²) in [4.78, 5) is 7.36. The third-order valence-corrected chi connectivity index (χ3v) is 6.62. The van der Waals surface area contributed by atoms with Crippen LogP contribution in [0.3, 0.4) is 0 Å². The lowest BCUT2D eigenvalue weighted by atomic mass is 10.0. The van der Waals surface area contributed by atoms with Gasteiger partial charge in [-0.05, 0) is 24.6 Å². The number of pyridine rings is 1. The van der Waals surface area contributed by atoms with Crippen molar-refractivity contribution in [3.05, 3.63) is 48.8 Å². The van der Waals surface area contributed by atoms with Crippen molar-refractivity contribution in [2.24, 2.45) is 0 Å². The standard InChI is InChI=1S/C21H22N6O3S/c1-14-13-30-10-9-26(14)20-11-16(15-5-3-4-6-18(15)31(2,28)29)17-12-23-27(21(17)24-20)19-7-8-22-25-19/h3-8,11-12,14H,9-10,13H2,1-2H3,(H,22,25)/t14-/m1/s1. The van der Waals surface area contributed by atoms with E-state index >= 15 is 0 Å². The summed E-state index contributed by atoms with van der Waals surface area (Å²) in [5.41, 5.74) is 2.00. The second-order valence-corrected chi connectivity index (χ2v) is 9.62. The van der Waals surface area contributed by atoms with E-state index in [-0.39, 0.29) is 10.9 Å². The molecule has 1 aliphatic rings. The summed E-state index contributed by atoms with van der Waals surface area (Å²) in [7, 11) is -3.43. The molecule has 0 bridgehead atoms. The molecule has 0 amide bonds. The van der Waals surface area contributed by atoms with Gasteiger partial charge in [0.15, 0.2) is 21.3 Å². The van der Waals surface area contributed by atoms with Crippen LogP contribution in [-0.4, -0.2) is 65.4 Å². The summed E-state index contributed by atoms with van der Waals surface area (Å²) in [6.45, 7) is 4.00. The number of morpholine rings is 1. The Labute approximate surface area is 179 Å². The van der Waals surface area contributed by atoms with E-state index < -0.39 is 9.84 Å². The van der Waals surface area contributed by atoms with Gasteiger partial charge in [-0.15, -0.1) is 0 Å². The maximum atomic E-state index is 12.5. The molecule has 9 nitrogen and oxygen atoms in total. The predicted molar refractivity (Wildman–Crippen MR) is 117 cm³/mol. The molecule has 0 unspecified atom stereocenters. The molecule has 1 aliphatic heterocycles. The van der Waals surface area contributed by atoms with Crippen molar-refractivity contribution in [3.8, 4) is 16.9 Å². The van der Waals surface area contributed by atoms with Crippen LogP contribution in [0.2, 0.25) is 0 Å². The van der Waals surface area contributed by atoms with Crippen LogP contribution < -0.4 is 4.90 Å². The van der Waals surface area contributed by atoms with E-state index in [1.54, 1.807) is 29.2 Å². The number of sulfone groups is 1. The van der Waals surface area contributed by atoms with Crippen molar-refractivity contribution < 1.29 is 13.2 Å². The highest BCUT2D eigenvalue weighted by Gasteiger charge is 2.25. The number of anilines is 1. The van der Waals surface area contributed by atoms with Crippen LogP contribution >= 0.6 is 0 Å². The summed E-state index contributed by atoms with van der Waals surface area (Å²) in [6, 6.07) is 10.9. The lowest BCUT2D eigenvalue weighted by molar-refractivity contribution is 0.0985. The number of benzene rings is 1. The van der Waals surface area contributed by atoms with E-state index in [2.05, 4.69) is 27.1 Å². The van der Waals surface area contributed by atoms with Gasteiger partial charge < -0.3 is 9.64 Å². The monoisotopic (exact) mass is 438 g/mol. The highest BCUT2D eigenvalue weighted by molar-refractivity contribution is 7.90. The molecule has 5 rings (SSSR count). The Morgan fingerprint density at radius 2 is 2.00 bits per heavy atom. The lowest BCUT2D eigenvalue weighted by Gasteiger charge is -2.34. The number of nitrogens with one attached hydrogen (secondary N) is 1. The van der Waals surface area contributed by atoms with Gasteiger partial charge in [0.25, 0.3) is 0 Å². The predicted octanol–water partition coefficient (Wildman–Crippen LogP) is 2.44. The number of H-pyrrole nitrogens is 1. The number of hydrogen-bond acceptors (Lipinski definition) is 7. The molecule has 0 saturated carbocycles. The van der Waals surface area contributed by atoms with Gasteiger partial charge in [-0.3, -0.25) is 5.10 Å². The minimum absolute atomic E-state index is 0.137. The zero-order chi connectivity index (χ0) is 21.6. The van der Waals surface area contributed by atoms with Crippen LogP contribution in [0.15, 0.2) is 53.7 Å². The summed E-state index contributed by atoms with van der Waals surface area (Å²) in [5.74, 6) is 1.36. The molecular weight excluding hydrogens is 416 g/mol. The van der Waals surface area contributed by atoms with Gasteiger partial charge in [0, 0.05) is 36.0 Å². The number of fused-ring (bicyclic) bond motifs is 1. The zero-order valence-corrected chi connectivity index (χ0v) is 18.0. The van der Waals surface area contributed by atoms with E-state index in [9.17, 15) is 8.42 Å². The molecule has 0 spiro atoms. The number of aromatic amines is 1. The topological polar surface area (TPSA) is 106 Å². The van der Waals surface area contributed by atoms with Crippen molar-refractivity contribution >= 4 is 26.7 Å². The van der Waals surface area contributed by atoms with Crippen LogP contribution in [0.1, 0.15) is 6.92 Å². The quantitative estimate of drug-likeness (QED) is 0.522. The molecule has 1 aromatic carbocycles. The van der Waals surface area contributed by atoms with Gasteiger partial charge in [0.05, 0.1) is 30.3 Å². The first-order valence-corrected chi connectivity index (χ1v) is 11.9. The van der Waals surface area contributed by atoms with Crippen molar-refractivity contribution in [1.82, 2.24) is 25.0 Å². The van der Waals surface area contributed by atoms with Crippen molar-refractivity contribution in [3.63, 3.8) is 0 Å². The number of ether oxygens (including phenoxy) is 1. The van der Waals surface area contributed by atoms with Gasteiger partial charge in [-0.1, -0.05) is 18.2 Å². The fraction of sp³-hybridized carbons (Fsp3) is 0.286. The first-order chi connectivity index (χ1) is 14.9. The Morgan fingerprint density at radius 1 is 1.16 bits per heavy atom. The van der Waals surface area contributed by atoms with Crippen molar-refractivity contribution in [1.29, 1.82) is 0 Å². The maximum absolute atomic E-state index is 12.5. The van der Waals surface area contributed by atoms with E-state index in [4.69, 9.17) is 9.72 Å².